The Bertz CT molecular complexity index is 750. The van der Waals surface area contributed by atoms with Crippen molar-refractivity contribution in [2.45, 2.75) is 20.0 Å². The normalized spacial score (nSPS) is 11.2. The van der Waals surface area contributed by atoms with E-state index in [0.29, 0.717) is 23.1 Å². The molecule has 2 aromatic carbocycles. The summed E-state index contributed by atoms with van der Waals surface area (Å²) in [5, 5.41) is 0.570. The van der Waals surface area contributed by atoms with Crippen LogP contribution in [0.5, 0.6) is 17.2 Å². The molecule has 0 saturated heterocycles. The van der Waals surface area contributed by atoms with Gasteiger partial charge in [-0.25, -0.2) is 0 Å². The summed E-state index contributed by atoms with van der Waals surface area (Å²) < 4.78 is 16.1. The maximum absolute atomic E-state index is 12.0. The highest BCUT2D eigenvalue weighted by Crippen LogP contribution is 2.18. The predicted octanol–water partition coefficient (Wildman–Crippen LogP) is 2.73. The molecule has 2 N–H and O–H groups in total. The number of halogens is 1. The molecule has 0 aliphatic rings. The minimum atomic E-state index is -0.805. The summed E-state index contributed by atoms with van der Waals surface area (Å²) in [5.74, 6) is 0.719. The van der Waals surface area contributed by atoms with Crippen LogP contribution in [0.1, 0.15) is 13.8 Å². The highest BCUT2D eigenvalue weighted by Gasteiger charge is 2.15. The van der Waals surface area contributed by atoms with Gasteiger partial charge in [-0.05, 0) is 62.4 Å². The highest BCUT2D eigenvalue weighted by atomic mass is 35.5. The summed E-state index contributed by atoms with van der Waals surface area (Å²) in [4.78, 5) is 23.7. The standard InChI is InChI=1S/C19H21ClN2O5/c1-3-25-15-8-10-17(11-9-15)27-13(2)19(24)22-21-18(23)12-26-16-6-4-14(20)5-7-16/h4-11,13H,3,12H2,1-2H3,(H,21,23)(H,22,24)/t13-/m1/s1. The lowest BCUT2D eigenvalue weighted by Gasteiger charge is -2.15. The first-order valence-corrected chi connectivity index (χ1v) is 8.72. The van der Waals surface area contributed by atoms with Gasteiger partial charge in [-0.15, -0.1) is 0 Å². The van der Waals surface area contributed by atoms with Crippen LogP contribution in [0, 0.1) is 0 Å². The minimum absolute atomic E-state index is 0.254. The number of ether oxygens (including phenoxy) is 3. The Kier molecular flexibility index (Phi) is 7.76. The zero-order chi connectivity index (χ0) is 19.6. The van der Waals surface area contributed by atoms with Crippen molar-refractivity contribution in [3.05, 3.63) is 53.6 Å². The lowest BCUT2D eigenvalue weighted by atomic mass is 10.3. The molecule has 0 radical (unpaired) electrons. The third-order valence-corrected chi connectivity index (χ3v) is 3.58. The summed E-state index contributed by atoms with van der Waals surface area (Å²) in [5.41, 5.74) is 4.56. The van der Waals surface area contributed by atoms with E-state index in [1.165, 1.54) is 0 Å². The molecular weight excluding hydrogens is 372 g/mol. The summed E-state index contributed by atoms with van der Waals surface area (Å²) >= 11 is 5.77. The minimum Gasteiger partial charge on any atom is -0.494 e. The second kappa shape index (κ2) is 10.3. The number of benzene rings is 2. The van der Waals surface area contributed by atoms with Gasteiger partial charge in [-0.3, -0.25) is 20.4 Å². The molecule has 2 rings (SSSR count). The van der Waals surface area contributed by atoms with Gasteiger partial charge in [-0.2, -0.15) is 0 Å². The highest BCUT2D eigenvalue weighted by molar-refractivity contribution is 6.30. The quantitative estimate of drug-likeness (QED) is 0.674. The number of hydrazine groups is 1. The Morgan fingerprint density at radius 3 is 2.11 bits per heavy atom. The Balaban J connectivity index is 1.71. The van der Waals surface area contributed by atoms with E-state index < -0.39 is 17.9 Å². The van der Waals surface area contributed by atoms with Gasteiger partial charge >= 0.3 is 0 Å². The smallest absolute Gasteiger partial charge is 0.279 e. The van der Waals surface area contributed by atoms with Crippen LogP contribution in [0.15, 0.2) is 48.5 Å². The fraction of sp³-hybridized carbons (Fsp3) is 0.263. The number of nitrogens with one attached hydrogen (secondary N) is 2. The van der Waals surface area contributed by atoms with Crippen molar-refractivity contribution in [1.82, 2.24) is 10.9 Å². The molecular formula is C19H21ClN2O5. The first kappa shape index (κ1) is 20.4. The van der Waals surface area contributed by atoms with Gasteiger partial charge in [0.1, 0.15) is 17.2 Å². The van der Waals surface area contributed by atoms with Crippen LogP contribution in [0.4, 0.5) is 0 Å². The SMILES string of the molecule is CCOc1ccc(O[C@H](C)C(=O)NNC(=O)COc2ccc(Cl)cc2)cc1. The number of carbonyl (C=O) groups is 2. The molecule has 2 amide bonds. The lowest BCUT2D eigenvalue weighted by molar-refractivity contribution is -0.133. The van der Waals surface area contributed by atoms with Gasteiger partial charge in [-0.1, -0.05) is 11.6 Å². The Morgan fingerprint density at radius 1 is 0.926 bits per heavy atom. The van der Waals surface area contributed by atoms with Gasteiger partial charge in [0, 0.05) is 5.02 Å². The molecule has 0 aromatic heterocycles. The summed E-state index contributed by atoms with van der Waals surface area (Å²) in [6.07, 6.45) is -0.805. The number of hydrogen-bond acceptors (Lipinski definition) is 5. The molecule has 2 aromatic rings. The molecule has 7 nitrogen and oxygen atoms in total. The number of hydrogen-bond donors (Lipinski definition) is 2. The van der Waals surface area contributed by atoms with Crippen LogP contribution in [-0.4, -0.2) is 31.1 Å². The van der Waals surface area contributed by atoms with Crippen LogP contribution in [0.3, 0.4) is 0 Å². The Morgan fingerprint density at radius 2 is 1.48 bits per heavy atom. The van der Waals surface area contributed by atoms with Crippen molar-refractivity contribution in [3.63, 3.8) is 0 Å². The van der Waals surface area contributed by atoms with Crippen LogP contribution in [0.25, 0.3) is 0 Å². The van der Waals surface area contributed by atoms with Crippen LogP contribution in [0.2, 0.25) is 5.02 Å². The predicted molar refractivity (Wildman–Crippen MR) is 101 cm³/mol. The summed E-state index contributed by atoms with van der Waals surface area (Å²) in [6.45, 7) is 3.78. The van der Waals surface area contributed by atoms with Gasteiger partial charge in [0.25, 0.3) is 11.8 Å². The zero-order valence-electron chi connectivity index (χ0n) is 15.0. The molecule has 0 saturated carbocycles. The molecule has 144 valence electrons. The summed E-state index contributed by atoms with van der Waals surface area (Å²) in [7, 11) is 0. The fourth-order valence-corrected chi connectivity index (χ4v) is 2.11. The van der Waals surface area contributed by atoms with Gasteiger partial charge in [0.2, 0.25) is 0 Å². The van der Waals surface area contributed by atoms with Crippen molar-refractivity contribution in [1.29, 1.82) is 0 Å². The lowest BCUT2D eigenvalue weighted by Crippen LogP contribution is -2.48. The van der Waals surface area contributed by atoms with Crippen molar-refractivity contribution in [2.24, 2.45) is 0 Å². The first-order valence-electron chi connectivity index (χ1n) is 8.34. The molecule has 0 aliphatic heterocycles. The molecule has 0 spiro atoms. The second-order valence-corrected chi connectivity index (χ2v) is 5.88. The maximum atomic E-state index is 12.0. The fourth-order valence-electron chi connectivity index (χ4n) is 1.99. The van der Waals surface area contributed by atoms with Gasteiger partial charge in [0.05, 0.1) is 6.61 Å². The molecule has 27 heavy (non-hydrogen) atoms. The Labute approximate surface area is 162 Å². The Hall–Kier alpha value is -2.93. The van der Waals surface area contributed by atoms with Gasteiger partial charge in [0.15, 0.2) is 12.7 Å². The largest absolute Gasteiger partial charge is 0.494 e. The molecule has 0 fully saturated rings. The molecule has 0 aliphatic carbocycles. The average Bonchev–Trinajstić information content (AvgIpc) is 2.67. The van der Waals surface area contributed by atoms with Crippen LogP contribution >= 0.6 is 11.6 Å². The molecule has 0 unspecified atom stereocenters. The van der Waals surface area contributed by atoms with E-state index in [0.717, 1.165) is 5.75 Å². The van der Waals surface area contributed by atoms with E-state index in [1.807, 2.05) is 6.92 Å². The number of carbonyl (C=O) groups excluding carboxylic acids is 2. The third kappa shape index (κ3) is 7.07. The number of amides is 2. The van der Waals surface area contributed by atoms with E-state index in [2.05, 4.69) is 10.9 Å². The van der Waals surface area contributed by atoms with E-state index >= 15 is 0 Å². The summed E-state index contributed by atoms with van der Waals surface area (Å²) in [6, 6.07) is 13.5. The van der Waals surface area contributed by atoms with E-state index in [1.54, 1.807) is 55.5 Å². The molecule has 1 atom stereocenters. The van der Waals surface area contributed by atoms with Crippen molar-refractivity contribution < 1.29 is 23.8 Å². The second-order valence-electron chi connectivity index (χ2n) is 5.44. The molecule has 0 bridgehead atoms. The van der Waals surface area contributed by atoms with Crippen LogP contribution < -0.4 is 25.1 Å². The topological polar surface area (TPSA) is 85.9 Å². The average molecular weight is 393 g/mol. The maximum Gasteiger partial charge on any atom is 0.279 e. The number of rotatable bonds is 8. The van der Waals surface area contributed by atoms with E-state index in [9.17, 15) is 9.59 Å². The van der Waals surface area contributed by atoms with Crippen LogP contribution in [-0.2, 0) is 9.59 Å². The van der Waals surface area contributed by atoms with Crippen molar-refractivity contribution in [2.75, 3.05) is 13.2 Å². The first-order chi connectivity index (χ1) is 13.0. The van der Waals surface area contributed by atoms with E-state index in [-0.39, 0.29) is 6.61 Å². The third-order valence-electron chi connectivity index (χ3n) is 3.33. The van der Waals surface area contributed by atoms with Crippen molar-refractivity contribution >= 4 is 23.4 Å². The van der Waals surface area contributed by atoms with E-state index in [4.69, 9.17) is 25.8 Å². The van der Waals surface area contributed by atoms with Gasteiger partial charge < -0.3 is 14.2 Å². The molecule has 0 heterocycles. The molecule has 8 heteroatoms. The monoisotopic (exact) mass is 392 g/mol. The van der Waals surface area contributed by atoms with Crippen molar-refractivity contribution in [3.8, 4) is 17.2 Å². The zero-order valence-corrected chi connectivity index (χ0v) is 15.8.